The molecule has 2 rings (SSSR count). The molecule has 0 aliphatic carbocycles. The van der Waals surface area contributed by atoms with E-state index in [2.05, 4.69) is 15.9 Å². The van der Waals surface area contributed by atoms with Gasteiger partial charge in [0.25, 0.3) is 0 Å². The van der Waals surface area contributed by atoms with Crippen LogP contribution in [0.15, 0.2) is 27.6 Å². The van der Waals surface area contributed by atoms with Gasteiger partial charge in [-0.3, -0.25) is 4.79 Å². The molecule has 0 fully saturated rings. The van der Waals surface area contributed by atoms with Crippen LogP contribution < -0.4 is 0 Å². The van der Waals surface area contributed by atoms with Gasteiger partial charge in [-0.1, -0.05) is 15.9 Å². The molecular formula is C13H16BrNO4S. The molecular weight excluding hydrogens is 346 g/mol. The lowest BCUT2D eigenvalue weighted by Gasteiger charge is -2.19. The summed E-state index contributed by atoms with van der Waals surface area (Å²) >= 11 is 3.35. The molecule has 0 N–H and O–H groups in total. The Morgan fingerprint density at radius 3 is 2.80 bits per heavy atom. The average Bonchev–Trinajstić information content (AvgIpc) is 2.55. The number of hydrogen-bond acceptors (Lipinski definition) is 4. The van der Waals surface area contributed by atoms with Gasteiger partial charge in [0.05, 0.1) is 17.9 Å². The van der Waals surface area contributed by atoms with E-state index in [0.717, 1.165) is 10.0 Å². The molecule has 0 amide bonds. The second-order valence-corrected chi connectivity index (χ2v) is 7.30. The molecule has 1 unspecified atom stereocenters. The van der Waals surface area contributed by atoms with E-state index < -0.39 is 10.0 Å². The van der Waals surface area contributed by atoms with Gasteiger partial charge in [0.2, 0.25) is 10.0 Å². The highest BCUT2D eigenvalue weighted by Crippen LogP contribution is 2.40. The molecule has 110 valence electrons. The summed E-state index contributed by atoms with van der Waals surface area (Å²) in [5.74, 6) is -0.382. The van der Waals surface area contributed by atoms with Crippen molar-refractivity contribution in [3.63, 3.8) is 0 Å². The lowest BCUT2D eigenvalue weighted by molar-refractivity contribution is -0.143. The molecule has 0 saturated heterocycles. The summed E-state index contributed by atoms with van der Waals surface area (Å²) in [5.41, 5.74) is 0.753. The van der Waals surface area contributed by atoms with Crippen LogP contribution in [0.4, 0.5) is 0 Å². The monoisotopic (exact) mass is 361 g/mol. The van der Waals surface area contributed by atoms with Crippen LogP contribution in [-0.4, -0.2) is 31.8 Å². The summed E-state index contributed by atoms with van der Waals surface area (Å²) in [6.45, 7) is 3.98. The SMILES string of the molecule is CCOC(=O)CCN1C(C)c2cc(Br)ccc2S1(=O)=O. The van der Waals surface area contributed by atoms with Crippen LogP contribution in [0, 0.1) is 0 Å². The number of rotatable bonds is 4. The zero-order valence-corrected chi connectivity index (χ0v) is 13.7. The fourth-order valence-electron chi connectivity index (χ4n) is 2.32. The number of sulfonamides is 1. The highest BCUT2D eigenvalue weighted by atomic mass is 79.9. The van der Waals surface area contributed by atoms with E-state index in [4.69, 9.17) is 4.74 Å². The summed E-state index contributed by atoms with van der Waals surface area (Å²) < 4.78 is 31.9. The molecule has 5 nitrogen and oxygen atoms in total. The van der Waals surface area contributed by atoms with Gasteiger partial charge in [-0.25, -0.2) is 8.42 Å². The number of hydrogen-bond donors (Lipinski definition) is 0. The Morgan fingerprint density at radius 1 is 1.45 bits per heavy atom. The third kappa shape index (κ3) is 2.75. The van der Waals surface area contributed by atoms with Crippen LogP contribution in [0.25, 0.3) is 0 Å². The van der Waals surface area contributed by atoms with E-state index in [1.165, 1.54) is 4.31 Å². The van der Waals surface area contributed by atoms with Gasteiger partial charge < -0.3 is 4.74 Å². The van der Waals surface area contributed by atoms with Gasteiger partial charge in [-0.15, -0.1) is 0 Å². The number of carbonyl (C=O) groups is 1. The number of halogens is 1. The molecule has 1 atom stereocenters. The number of carbonyl (C=O) groups excluding carboxylic acids is 1. The van der Waals surface area contributed by atoms with Gasteiger partial charge in [-0.2, -0.15) is 4.31 Å². The Hall–Kier alpha value is -0.920. The van der Waals surface area contributed by atoms with Gasteiger partial charge in [-0.05, 0) is 37.6 Å². The van der Waals surface area contributed by atoms with Crippen LogP contribution in [0.1, 0.15) is 31.9 Å². The molecule has 0 spiro atoms. The Kier molecular flexibility index (Phi) is 4.51. The summed E-state index contributed by atoms with van der Waals surface area (Å²) in [5, 5.41) is 0. The predicted octanol–water partition coefficient (Wildman–Crippen LogP) is 2.47. The Bertz CT molecular complexity index is 629. The first-order valence-corrected chi connectivity index (χ1v) is 8.58. The van der Waals surface area contributed by atoms with Crippen molar-refractivity contribution in [2.24, 2.45) is 0 Å². The minimum absolute atomic E-state index is 0.0621. The Balaban J connectivity index is 2.23. The molecule has 7 heteroatoms. The maximum Gasteiger partial charge on any atom is 0.307 e. The predicted molar refractivity (Wildman–Crippen MR) is 77.7 cm³/mol. The van der Waals surface area contributed by atoms with Crippen molar-refractivity contribution in [3.8, 4) is 0 Å². The van der Waals surface area contributed by atoms with E-state index in [0.29, 0.717) is 11.5 Å². The molecule has 1 aliphatic heterocycles. The van der Waals surface area contributed by atoms with Crippen LogP contribution in [0.2, 0.25) is 0 Å². The zero-order chi connectivity index (χ0) is 14.9. The van der Waals surface area contributed by atoms with Crippen LogP contribution in [0.3, 0.4) is 0 Å². The normalized spacial score (nSPS) is 20.6. The van der Waals surface area contributed by atoms with Gasteiger partial charge >= 0.3 is 5.97 Å². The lowest BCUT2D eigenvalue weighted by Crippen LogP contribution is -2.29. The molecule has 0 aromatic heterocycles. The fraction of sp³-hybridized carbons (Fsp3) is 0.462. The maximum atomic E-state index is 12.4. The van der Waals surface area contributed by atoms with Crippen molar-refractivity contribution < 1.29 is 17.9 Å². The first kappa shape index (κ1) is 15.5. The summed E-state index contributed by atoms with van der Waals surface area (Å²) in [6, 6.07) is 4.83. The van der Waals surface area contributed by atoms with Crippen molar-refractivity contribution in [1.82, 2.24) is 4.31 Å². The fourth-order valence-corrected chi connectivity index (χ4v) is 4.58. The minimum Gasteiger partial charge on any atom is -0.466 e. The van der Waals surface area contributed by atoms with E-state index >= 15 is 0 Å². The van der Waals surface area contributed by atoms with E-state index in [1.54, 1.807) is 19.1 Å². The van der Waals surface area contributed by atoms with E-state index in [1.807, 2.05) is 13.0 Å². The number of nitrogens with zero attached hydrogens (tertiary/aromatic N) is 1. The lowest BCUT2D eigenvalue weighted by atomic mass is 10.1. The maximum absolute atomic E-state index is 12.4. The standard InChI is InChI=1S/C13H16BrNO4S/c1-3-19-13(16)6-7-15-9(2)11-8-10(14)4-5-12(11)20(15,17)18/h4-5,8-9H,3,6-7H2,1-2H3. The third-order valence-electron chi connectivity index (χ3n) is 3.28. The van der Waals surface area contributed by atoms with Crippen LogP contribution in [-0.2, 0) is 19.6 Å². The number of benzene rings is 1. The van der Waals surface area contributed by atoms with Crippen molar-refractivity contribution in [1.29, 1.82) is 0 Å². The number of fused-ring (bicyclic) bond motifs is 1. The zero-order valence-electron chi connectivity index (χ0n) is 11.3. The van der Waals surface area contributed by atoms with Crippen LogP contribution in [0.5, 0.6) is 0 Å². The van der Waals surface area contributed by atoms with Crippen molar-refractivity contribution in [2.75, 3.05) is 13.2 Å². The van der Waals surface area contributed by atoms with Crippen LogP contribution >= 0.6 is 15.9 Å². The molecule has 1 heterocycles. The largest absolute Gasteiger partial charge is 0.466 e. The molecule has 1 aliphatic rings. The molecule has 0 saturated carbocycles. The van der Waals surface area contributed by atoms with Crippen molar-refractivity contribution in [2.45, 2.75) is 31.2 Å². The summed E-state index contributed by atoms with van der Waals surface area (Å²) in [7, 11) is -3.52. The Labute approximate surface area is 127 Å². The number of ether oxygens (including phenoxy) is 1. The molecule has 1 aromatic rings. The summed E-state index contributed by atoms with van der Waals surface area (Å²) in [6.07, 6.45) is 0.0621. The quantitative estimate of drug-likeness (QED) is 0.772. The average molecular weight is 362 g/mol. The highest BCUT2D eigenvalue weighted by Gasteiger charge is 2.40. The second-order valence-electron chi connectivity index (χ2n) is 4.53. The molecule has 0 bridgehead atoms. The summed E-state index contributed by atoms with van der Waals surface area (Å²) in [4.78, 5) is 11.7. The second kappa shape index (κ2) is 5.83. The molecule has 20 heavy (non-hydrogen) atoms. The Morgan fingerprint density at radius 2 is 2.15 bits per heavy atom. The molecule has 1 aromatic carbocycles. The minimum atomic E-state index is -3.52. The van der Waals surface area contributed by atoms with E-state index in [9.17, 15) is 13.2 Å². The smallest absolute Gasteiger partial charge is 0.307 e. The van der Waals surface area contributed by atoms with Crippen molar-refractivity contribution >= 4 is 31.9 Å². The van der Waals surface area contributed by atoms with Gasteiger partial charge in [0.1, 0.15) is 0 Å². The first-order valence-electron chi connectivity index (χ1n) is 6.35. The van der Waals surface area contributed by atoms with Crippen molar-refractivity contribution in [3.05, 3.63) is 28.2 Å². The van der Waals surface area contributed by atoms with Gasteiger partial charge in [0.15, 0.2) is 0 Å². The highest BCUT2D eigenvalue weighted by molar-refractivity contribution is 9.10. The van der Waals surface area contributed by atoms with Gasteiger partial charge in [0, 0.05) is 17.1 Å². The topological polar surface area (TPSA) is 63.7 Å². The van der Waals surface area contributed by atoms with E-state index in [-0.39, 0.29) is 25.0 Å². The third-order valence-corrected chi connectivity index (χ3v) is 5.82. The molecule has 0 radical (unpaired) electrons. The first-order chi connectivity index (χ1) is 9.37. The number of esters is 1.